The number of carbonyl (C=O) groups excluding carboxylic acids is 2. The third-order valence-corrected chi connectivity index (χ3v) is 3.25. The van der Waals surface area contributed by atoms with Gasteiger partial charge in [-0.25, -0.2) is 0 Å². The highest BCUT2D eigenvalue weighted by molar-refractivity contribution is 5.82. The first-order valence-corrected chi connectivity index (χ1v) is 5.88. The Balaban J connectivity index is 1.73. The largest absolute Gasteiger partial charge is 0.454 e. The first-order valence-electron chi connectivity index (χ1n) is 5.88. The Hall–Kier alpha value is -2.04. The summed E-state index contributed by atoms with van der Waals surface area (Å²) in [6.45, 7) is 1.27. The molecule has 1 amide bonds. The highest BCUT2D eigenvalue weighted by atomic mass is 16.7. The molecule has 0 aromatic heterocycles. The van der Waals surface area contributed by atoms with Crippen molar-refractivity contribution in [1.29, 1.82) is 0 Å². The van der Waals surface area contributed by atoms with Gasteiger partial charge in [0.2, 0.25) is 12.7 Å². The molecule has 0 spiro atoms. The predicted octanol–water partition coefficient (Wildman–Crippen LogP) is 0.963. The van der Waals surface area contributed by atoms with Gasteiger partial charge in [-0.1, -0.05) is 6.07 Å². The molecule has 18 heavy (non-hydrogen) atoms. The molecule has 1 aromatic carbocycles. The first-order chi connectivity index (χ1) is 8.76. The van der Waals surface area contributed by atoms with Crippen molar-refractivity contribution >= 4 is 12.2 Å². The predicted molar refractivity (Wildman–Crippen MR) is 62.2 cm³/mol. The zero-order valence-corrected chi connectivity index (χ0v) is 9.80. The molecule has 1 saturated heterocycles. The van der Waals surface area contributed by atoms with Crippen LogP contribution >= 0.6 is 0 Å². The van der Waals surface area contributed by atoms with Crippen molar-refractivity contribution in [3.63, 3.8) is 0 Å². The van der Waals surface area contributed by atoms with E-state index in [9.17, 15) is 9.59 Å². The van der Waals surface area contributed by atoms with Crippen LogP contribution in [0.3, 0.4) is 0 Å². The van der Waals surface area contributed by atoms with Gasteiger partial charge >= 0.3 is 0 Å². The molecule has 1 fully saturated rings. The Kier molecular flexibility index (Phi) is 2.66. The maximum atomic E-state index is 11.7. The molecule has 1 aromatic rings. The third-order valence-electron chi connectivity index (χ3n) is 3.25. The first kappa shape index (κ1) is 11.1. The molecule has 2 aliphatic heterocycles. The summed E-state index contributed by atoms with van der Waals surface area (Å²) < 4.78 is 10.5. The van der Waals surface area contributed by atoms with Crippen molar-refractivity contribution in [2.45, 2.75) is 13.0 Å². The van der Waals surface area contributed by atoms with Crippen molar-refractivity contribution in [3.05, 3.63) is 23.8 Å². The van der Waals surface area contributed by atoms with Crippen LogP contribution in [0, 0.1) is 5.92 Å². The van der Waals surface area contributed by atoms with E-state index >= 15 is 0 Å². The molecule has 5 heteroatoms. The van der Waals surface area contributed by atoms with Gasteiger partial charge < -0.3 is 19.2 Å². The summed E-state index contributed by atoms with van der Waals surface area (Å²) >= 11 is 0. The van der Waals surface area contributed by atoms with Crippen molar-refractivity contribution < 1.29 is 19.1 Å². The number of rotatable bonds is 3. The number of hydrogen-bond donors (Lipinski definition) is 0. The minimum absolute atomic E-state index is 0.0322. The van der Waals surface area contributed by atoms with Crippen LogP contribution < -0.4 is 9.47 Å². The topological polar surface area (TPSA) is 55.8 Å². The summed E-state index contributed by atoms with van der Waals surface area (Å²) in [6, 6.07) is 5.63. The lowest BCUT2D eigenvalue weighted by Crippen LogP contribution is -2.24. The zero-order chi connectivity index (χ0) is 12.5. The summed E-state index contributed by atoms with van der Waals surface area (Å²) in [6.07, 6.45) is 1.19. The molecule has 0 aliphatic carbocycles. The third kappa shape index (κ3) is 1.92. The average Bonchev–Trinajstić information content (AvgIpc) is 2.96. The van der Waals surface area contributed by atoms with Gasteiger partial charge in [-0.3, -0.25) is 4.79 Å². The normalized spacial score (nSPS) is 21.4. The van der Waals surface area contributed by atoms with E-state index in [1.165, 1.54) is 0 Å². The average molecular weight is 247 g/mol. The number of nitrogens with zero attached hydrogens (tertiary/aromatic N) is 1. The minimum Gasteiger partial charge on any atom is -0.454 e. The Morgan fingerprint density at radius 3 is 2.94 bits per heavy atom. The second-order valence-electron chi connectivity index (χ2n) is 4.56. The van der Waals surface area contributed by atoms with Gasteiger partial charge in [0.15, 0.2) is 11.5 Å². The van der Waals surface area contributed by atoms with Crippen molar-refractivity contribution in [2.24, 2.45) is 5.92 Å². The van der Waals surface area contributed by atoms with Crippen molar-refractivity contribution in [1.82, 2.24) is 4.90 Å². The van der Waals surface area contributed by atoms with E-state index in [2.05, 4.69) is 0 Å². The standard InChI is InChI=1S/C13H13NO4/c15-7-10-4-13(16)14(6-10)5-9-1-2-11-12(3-9)18-8-17-11/h1-3,7,10H,4-6,8H2. The van der Waals surface area contributed by atoms with Gasteiger partial charge in [-0.15, -0.1) is 0 Å². The lowest BCUT2D eigenvalue weighted by molar-refractivity contribution is -0.128. The summed E-state index contributed by atoms with van der Waals surface area (Å²) in [5.74, 6) is 1.32. The molecule has 1 atom stereocenters. The number of hydrogen-bond acceptors (Lipinski definition) is 4. The second-order valence-corrected chi connectivity index (χ2v) is 4.56. The van der Waals surface area contributed by atoms with Crippen LogP contribution in [0.25, 0.3) is 0 Å². The fraction of sp³-hybridized carbons (Fsp3) is 0.385. The number of likely N-dealkylation sites (tertiary alicyclic amines) is 1. The van der Waals surface area contributed by atoms with E-state index in [0.29, 0.717) is 25.3 Å². The van der Waals surface area contributed by atoms with Crippen LogP contribution in [0.1, 0.15) is 12.0 Å². The molecular weight excluding hydrogens is 234 g/mol. The molecule has 0 radical (unpaired) electrons. The van der Waals surface area contributed by atoms with E-state index < -0.39 is 0 Å². The summed E-state index contributed by atoms with van der Waals surface area (Å²) in [7, 11) is 0. The molecule has 0 bridgehead atoms. The molecule has 3 rings (SSSR count). The molecule has 2 heterocycles. The van der Waals surface area contributed by atoms with Crippen LogP contribution in [-0.4, -0.2) is 30.4 Å². The SMILES string of the molecule is O=CC1CC(=O)N(Cc2ccc3c(c2)OCO3)C1. The Bertz CT molecular complexity index is 500. The van der Waals surface area contributed by atoms with Crippen molar-refractivity contribution in [3.8, 4) is 11.5 Å². The molecule has 0 N–H and O–H groups in total. The Morgan fingerprint density at radius 2 is 2.17 bits per heavy atom. The Labute approximate surface area is 104 Å². The fourth-order valence-corrected chi connectivity index (χ4v) is 2.31. The van der Waals surface area contributed by atoms with Crippen LogP contribution in [0.15, 0.2) is 18.2 Å². The van der Waals surface area contributed by atoms with Crippen molar-refractivity contribution in [2.75, 3.05) is 13.3 Å². The van der Waals surface area contributed by atoms with Crippen LogP contribution in [-0.2, 0) is 16.1 Å². The molecule has 5 nitrogen and oxygen atoms in total. The number of fused-ring (bicyclic) bond motifs is 1. The Morgan fingerprint density at radius 1 is 1.33 bits per heavy atom. The van der Waals surface area contributed by atoms with Crippen LogP contribution in [0.4, 0.5) is 0 Å². The number of benzene rings is 1. The maximum Gasteiger partial charge on any atom is 0.231 e. The van der Waals surface area contributed by atoms with Crippen LogP contribution in [0.2, 0.25) is 0 Å². The molecule has 2 aliphatic rings. The van der Waals surface area contributed by atoms with Gasteiger partial charge in [0.25, 0.3) is 0 Å². The minimum atomic E-state index is -0.161. The fourth-order valence-electron chi connectivity index (χ4n) is 2.31. The van der Waals surface area contributed by atoms with E-state index in [-0.39, 0.29) is 18.6 Å². The van der Waals surface area contributed by atoms with E-state index in [4.69, 9.17) is 9.47 Å². The van der Waals surface area contributed by atoms with Gasteiger partial charge in [0, 0.05) is 25.4 Å². The van der Waals surface area contributed by atoms with E-state index in [1.54, 1.807) is 4.90 Å². The highest BCUT2D eigenvalue weighted by Gasteiger charge is 2.29. The van der Waals surface area contributed by atoms with Crippen LogP contribution in [0.5, 0.6) is 11.5 Å². The number of ether oxygens (including phenoxy) is 2. The summed E-state index contributed by atoms with van der Waals surface area (Å²) in [5, 5.41) is 0. The number of carbonyl (C=O) groups is 2. The maximum absolute atomic E-state index is 11.7. The molecule has 1 unspecified atom stereocenters. The number of amides is 1. The van der Waals surface area contributed by atoms with Gasteiger partial charge in [-0.05, 0) is 17.7 Å². The molecule has 0 saturated carbocycles. The lowest BCUT2D eigenvalue weighted by atomic mass is 10.1. The smallest absolute Gasteiger partial charge is 0.231 e. The van der Waals surface area contributed by atoms with E-state index in [1.807, 2.05) is 18.2 Å². The summed E-state index contributed by atoms with van der Waals surface area (Å²) in [5.41, 5.74) is 0.985. The van der Waals surface area contributed by atoms with Gasteiger partial charge in [0.05, 0.1) is 0 Å². The van der Waals surface area contributed by atoms with Gasteiger partial charge in [-0.2, -0.15) is 0 Å². The number of aldehydes is 1. The molecular formula is C13H13NO4. The quantitative estimate of drug-likeness (QED) is 0.747. The highest BCUT2D eigenvalue weighted by Crippen LogP contribution is 2.33. The lowest BCUT2D eigenvalue weighted by Gasteiger charge is -2.16. The monoisotopic (exact) mass is 247 g/mol. The van der Waals surface area contributed by atoms with E-state index in [0.717, 1.165) is 17.6 Å². The summed E-state index contributed by atoms with van der Waals surface area (Å²) in [4.78, 5) is 24.1. The zero-order valence-electron chi connectivity index (χ0n) is 9.80. The second kappa shape index (κ2) is 4.33. The van der Waals surface area contributed by atoms with Gasteiger partial charge in [0.1, 0.15) is 6.29 Å². The molecule has 94 valence electrons.